The first-order chi connectivity index (χ1) is 10.1. The number of aliphatic carboxylic acids is 1. The van der Waals surface area contributed by atoms with Gasteiger partial charge in [0.25, 0.3) is 0 Å². The molecule has 1 aliphatic carbocycles. The maximum absolute atomic E-state index is 12.3. The van der Waals surface area contributed by atoms with E-state index in [-0.39, 0.29) is 11.8 Å². The summed E-state index contributed by atoms with van der Waals surface area (Å²) in [5.74, 6) is -1.01. The van der Waals surface area contributed by atoms with Gasteiger partial charge in [-0.25, -0.2) is 4.79 Å². The standard InChI is InChI=1S/C15H20N2O4/c18-13-8-6-12(7-9-13)17(10-14(19)20)15(21)16-11-4-2-1-3-5-11/h6-9,11,18H,1-5,10H2,(H,16,21)(H,19,20). The van der Waals surface area contributed by atoms with Gasteiger partial charge in [0, 0.05) is 11.7 Å². The first-order valence-electron chi connectivity index (χ1n) is 7.15. The number of carboxylic acids is 1. The molecule has 2 rings (SSSR count). The summed E-state index contributed by atoms with van der Waals surface area (Å²) in [6.07, 6.45) is 5.22. The summed E-state index contributed by atoms with van der Waals surface area (Å²) in [4.78, 5) is 24.5. The molecule has 6 nitrogen and oxygen atoms in total. The lowest BCUT2D eigenvalue weighted by Gasteiger charge is -2.27. The Bertz CT molecular complexity index is 495. The van der Waals surface area contributed by atoms with Crippen LogP contribution in [0.1, 0.15) is 32.1 Å². The van der Waals surface area contributed by atoms with Gasteiger partial charge in [0.05, 0.1) is 0 Å². The van der Waals surface area contributed by atoms with Crippen molar-refractivity contribution in [1.82, 2.24) is 5.32 Å². The van der Waals surface area contributed by atoms with Crippen LogP contribution in [0.25, 0.3) is 0 Å². The van der Waals surface area contributed by atoms with E-state index >= 15 is 0 Å². The molecule has 1 aromatic carbocycles. The number of rotatable bonds is 4. The molecule has 0 aliphatic heterocycles. The molecule has 0 unspecified atom stereocenters. The number of nitrogens with zero attached hydrogens (tertiary/aromatic N) is 1. The molecule has 0 saturated heterocycles. The van der Waals surface area contributed by atoms with E-state index in [2.05, 4.69) is 5.32 Å². The number of hydrogen-bond acceptors (Lipinski definition) is 3. The number of urea groups is 1. The Kier molecular flexibility index (Phi) is 5.03. The van der Waals surface area contributed by atoms with Crippen LogP contribution < -0.4 is 10.2 Å². The van der Waals surface area contributed by atoms with E-state index < -0.39 is 18.5 Å². The maximum Gasteiger partial charge on any atom is 0.323 e. The molecule has 1 aromatic rings. The lowest BCUT2D eigenvalue weighted by molar-refractivity contribution is -0.135. The molecule has 1 fully saturated rings. The van der Waals surface area contributed by atoms with Crippen molar-refractivity contribution >= 4 is 17.7 Å². The second-order valence-corrected chi connectivity index (χ2v) is 5.28. The molecule has 0 heterocycles. The average Bonchev–Trinajstić information content (AvgIpc) is 2.46. The van der Waals surface area contributed by atoms with Crippen molar-refractivity contribution in [2.24, 2.45) is 0 Å². The van der Waals surface area contributed by atoms with Crippen LogP contribution in [0.2, 0.25) is 0 Å². The number of phenolic OH excluding ortho intramolecular Hbond substituents is 1. The Labute approximate surface area is 123 Å². The Hall–Kier alpha value is -2.24. The normalized spacial score (nSPS) is 15.4. The average molecular weight is 292 g/mol. The number of aromatic hydroxyl groups is 1. The lowest BCUT2D eigenvalue weighted by atomic mass is 9.96. The van der Waals surface area contributed by atoms with Gasteiger partial charge in [0.1, 0.15) is 12.3 Å². The summed E-state index contributed by atoms with van der Waals surface area (Å²) in [6.45, 7) is -0.413. The van der Waals surface area contributed by atoms with Crippen molar-refractivity contribution in [3.8, 4) is 5.75 Å². The van der Waals surface area contributed by atoms with Crippen molar-refractivity contribution in [2.45, 2.75) is 38.1 Å². The molecule has 3 N–H and O–H groups in total. The molecular formula is C15H20N2O4. The van der Waals surface area contributed by atoms with Gasteiger partial charge in [-0.15, -0.1) is 0 Å². The highest BCUT2D eigenvalue weighted by molar-refractivity contribution is 5.96. The van der Waals surface area contributed by atoms with Crippen LogP contribution in [0.5, 0.6) is 5.75 Å². The zero-order valence-electron chi connectivity index (χ0n) is 11.8. The third-order valence-corrected chi connectivity index (χ3v) is 3.63. The largest absolute Gasteiger partial charge is 0.508 e. The maximum atomic E-state index is 12.3. The van der Waals surface area contributed by atoms with Gasteiger partial charge in [-0.2, -0.15) is 0 Å². The van der Waals surface area contributed by atoms with E-state index in [1.807, 2.05) is 0 Å². The number of phenols is 1. The molecule has 6 heteroatoms. The van der Waals surface area contributed by atoms with E-state index in [1.54, 1.807) is 0 Å². The van der Waals surface area contributed by atoms with E-state index in [1.165, 1.54) is 35.6 Å². The van der Waals surface area contributed by atoms with Crippen LogP contribution in [-0.4, -0.2) is 34.8 Å². The molecular weight excluding hydrogens is 272 g/mol. The minimum absolute atomic E-state index is 0.0710. The number of carboxylic acid groups (broad SMARTS) is 1. The summed E-state index contributed by atoms with van der Waals surface area (Å²) in [6, 6.07) is 5.61. The fraction of sp³-hybridized carbons (Fsp3) is 0.467. The summed E-state index contributed by atoms with van der Waals surface area (Å²) in [5.41, 5.74) is 0.448. The Balaban J connectivity index is 2.08. The number of carbonyl (C=O) groups is 2. The second kappa shape index (κ2) is 6.97. The molecule has 0 spiro atoms. The fourth-order valence-corrected chi connectivity index (χ4v) is 2.55. The molecule has 0 aromatic heterocycles. The number of nitrogens with one attached hydrogen (secondary N) is 1. The molecule has 1 aliphatic rings. The molecule has 1 saturated carbocycles. The van der Waals surface area contributed by atoms with Gasteiger partial charge in [0.15, 0.2) is 0 Å². The van der Waals surface area contributed by atoms with Crippen molar-refractivity contribution in [1.29, 1.82) is 0 Å². The van der Waals surface area contributed by atoms with Gasteiger partial charge >= 0.3 is 12.0 Å². The van der Waals surface area contributed by atoms with Crippen LogP contribution in [-0.2, 0) is 4.79 Å². The molecule has 21 heavy (non-hydrogen) atoms. The lowest BCUT2D eigenvalue weighted by Crippen LogP contribution is -2.47. The predicted octanol–water partition coefficient (Wildman–Crippen LogP) is 2.33. The number of amides is 2. The summed E-state index contributed by atoms with van der Waals surface area (Å²) in [7, 11) is 0. The van der Waals surface area contributed by atoms with Crippen molar-refractivity contribution in [3.05, 3.63) is 24.3 Å². The third kappa shape index (κ3) is 4.37. The summed E-state index contributed by atoms with van der Waals surface area (Å²) in [5, 5.41) is 21.2. The van der Waals surface area contributed by atoms with Crippen molar-refractivity contribution in [3.63, 3.8) is 0 Å². The minimum Gasteiger partial charge on any atom is -0.508 e. The van der Waals surface area contributed by atoms with Crippen LogP contribution in [0.3, 0.4) is 0 Å². The smallest absolute Gasteiger partial charge is 0.323 e. The van der Waals surface area contributed by atoms with Gasteiger partial charge in [-0.05, 0) is 37.1 Å². The van der Waals surface area contributed by atoms with Crippen LogP contribution in [0.15, 0.2) is 24.3 Å². The molecule has 0 atom stereocenters. The monoisotopic (exact) mass is 292 g/mol. The van der Waals surface area contributed by atoms with Crippen LogP contribution in [0, 0.1) is 0 Å². The Morgan fingerprint density at radius 1 is 1.14 bits per heavy atom. The van der Waals surface area contributed by atoms with E-state index in [4.69, 9.17) is 5.11 Å². The van der Waals surface area contributed by atoms with Crippen LogP contribution in [0.4, 0.5) is 10.5 Å². The number of carbonyl (C=O) groups excluding carboxylic acids is 1. The Morgan fingerprint density at radius 3 is 2.33 bits per heavy atom. The quantitative estimate of drug-likeness (QED) is 0.794. The molecule has 114 valence electrons. The predicted molar refractivity (Wildman–Crippen MR) is 78.5 cm³/mol. The molecule has 0 radical (unpaired) electrons. The van der Waals surface area contributed by atoms with Gasteiger partial charge in [-0.1, -0.05) is 19.3 Å². The zero-order valence-corrected chi connectivity index (χ0v) is 11.8. The summed E-state index contributed by atoms with van der Waals surface area (Å²) < 4.78 is 0. The number of benzene rings is 1. The van der Waals surface area contributed by atoms with E-state index in [0.717, 1.165) is 25.7 Å². The molecule has 0 bridgehead atoms. The third-order valence-electron chi connectivity index (χ3n) is 3.63. The number of anilines is 1. The molecule has 2 amide bonds. The first-order valence-corrected chi connectivity index (χ1v) is 7.15. The van der Waals surface area contributed by atoms with E-state index in [0.29, 0.717) is 5.69 Å². The SMILES string of the molecule is O=C(O)CN(C(=O)NC1CCCCC1)c1ccc(O)cc1. The zero-order chi connectivity index (χ0) is 15.2. The highest BCUT2D eigenvalue weighted by atomic mass is 16.4. The number of hydrogen-bond donors (Lipinski definition) is 3. The topological polar surface area (TPSA) is 89.9 Å². The second-order valence-electron chi connectivity index (χ2n) is 5.28. The van der Waals surface area contributed by atoms with Crippen LogP contribution >= 0.6 is 0 Å². The van der Waals surface area contributed by atoms with Gasteiger partial charge in [-0.3, -0.25) is 9.69 Å². The van der Waals surface area contributed by atoms with E-state index in [9.17, 15) is 14.7 Å². The fourth-order valence-electron chi connectivity index (χ4n) is 2.55. The van der Waals surface area contributed by atoms with Gasteiger partial charge in [0.2, 0.25) is 0 Å². The minimum atomic E-state index is -1.08. The first kappa shape index (κ1) is 15.2. The highest BCUT2D eigenvalue weighted by Crippen LogP contribution is 2.21. The van der Waals surface area contributed by atoms with Gasteiger partial charge < -0.3 is 15.5 Å². The Morgan fingerprint density at radius 2 is 1.76 bits per heavy atom. The van der Waals surface area contributed by atoms with Crippen molar-refractivity contribution in [2.75, 3.05) is 11.4 Å². The summed E-state index contributed by atoms with van der Waals surface area (Å²) >= 11 is 0. The van der Waals surface area contributed by atoms with Crippen molar-refractivity contribution < 1.29 is 19.8 Å². The highest BCUT2D eigenvalue weighted by Gasteiger charge is 2.22.